The summed E-state index contributed by atoms with van der Waals surface area (Å²) in [6, 6.07) is 42.9. The number of esters is 2. The van der Waals surface area contributed by atoms with Crippen LogP contribution in [0.4, 0.5) is 0 Å². The highest BCUT2D eigenvalue weighted by molar-refractivity contribution is 6.22. The van der Waals surface area contributed by atoms with Crippen LogP contribution in [0.25, 0.3) is 0 Å². The Hall–Kier alpha value is -10.4. The standard InChI is InChI=1S/C8H7N3.C8H8N2O2.C8H4N2.C8H5NO2.C8H6O4.C8H4O3.6C2H6/c9-7-5-3-1-2-4-6(5)8(10)11-7;9-7(11)5-3-1-2-4-6(5)8(10)12;9-5-7-3-1-2-4-8(7)6-10;10-7-5-3-1-2-4-6(5)8(11)9-7;9-7(10)5-3-1-2-4-6(5)8(11)12;9-7-5-3-1-2-4-6(5)8(10)11-7;6*1-2/h1-4H,(H3,9,10,11);1-4H,(H2,9,11)(H2,10,12);1-4H;1-4H,(H,9,10,11);1-4H,(H,9,10)(H,11,12);1-4H;6*1-2H3. The Morgan fingerprint density at radius 2 is 0.722 bits per heavy atom. The van der Waals surface area contributed by atoms with Crippen molar-refractivity contribution >= 4 is 59.2 Å². The van der Waals surface area contributed by atoms with E-state index < -0.39 is 35.7 Å². The number of carbonyl (C=O) groups is 8. The second-order valence-electron chi connectivity index (χ2n) is 13.1. The van der Waals surface area contributed by atoms with Crippen molar-refractivity contribution in [2.24, 2.45) is 22.2 Å². The van der Waals surface area contributed by atoms with Gasteiger partial charge in [-0.2, -0.15) is 10.5 Å². The first-order valence-electron chi connectivity index (χ1n) is 25.0. The normalized spacial score (nSPS) is 10.4. The molecule has 0 saturated heterocycles. The fourth-order valence-corrected chi connectivity index (χ4v) is 5.75. The molecule has 3 aliphatic rings. The molecule has 0 fully saturated rings. The number of hydrogen-bond donors (Lipinski definition) is 7. The Kier molecular flexibility index (Phi) is 38.6. The molecule has 0 bridgehead atoms. The first-order valence-corrected chi connectivity index (χ1v) is 25.0. The van der Waals surface area contributed by atoms with Gasteiger partial charge in [0, 0.05) is 11.1 Å². The van der Waals surface area contributed by atoms with E-state index >= 15 is 0 Å². The molecule has 10 N–H and O–H groups in total. The summed E-state index contributed by atoms with van der Waals surface area (Å²) in [4.78, 5) is 89.8. The van der Waals surface area contributed by atoms with E-state index in [1.54, 1.807) is 84.9 Å². The van der Waals surface area contributed by atoms with E-state index in [1.165, 1.54) is 36.4 Å². The van der Waals surface area contributed by atoms with E-state index in [4.69, 9.17) is 43.3 Å². The molecule has 3 heterocycles. The van der Waals surface area contributed by atoms with Crippen molar-refractivity contribution in [2.45, 2.75) is 83.1 Å². The van der Waals surface area contributed by atoms with Crippen LogP contribution in [-0.2, 0) is 4.74 Å². The number of fused-ring (bicyclic) bond motifs is 3. The van der Waals surface area contributed by atoms with E-state index in [-0.39, 0.29) is 39.9 Å². The van der Waals surface area contributed by atoms with Crippen LogP contribution in [0.1, 0.15) is 188 Å². The Bertz CT molecular complexity index is 2790. The minimum absolute atomic E-state index is 0.157. The van der Waals surface area contributed by atoms with Gasteiger partial charge in [-0.1, -0.05) is 168 Å². The summed E-state index contributed by atoms with van der Waals surface area (Å²) < 4.78 is 4.35. The van der Waals surface area contributed by atoms with Crippen molar-refractivity contribution in [3.8, 4) is 12.1 Å². The number of nitrogens with zero attached hydrogens (tertiary/aromatic N) is 3. The smallest absolute Gasteiger partial charge is 0.346 e. The minimum Gasteiger partial charge on any atom is -0.478 e. The molecule has 19 nitrogen and oxygen atoms in total. The number of cyclic esters (lactones) is 2. The highest BCUT2D eigenvalue weighted by Crippen LogP contribution is 2.19. The molecule has 0 atom stereocenters. The molecule has 0 spiro atoms. The van der Waals surface area contributed by atoms with Gasteiger partial charge in [0.15, 0.2) is 5.84 Å². The van der Waals surface area contributed by atoms with Gasteiger partial charge in [0.25, 0.3) is 11.8 Å². The van der Waals surface area contributed by atoms with Crippen molar-refractivity contribution in [2.75, 3.05) is 0 Å². The lowest BCUT2D eigenvalue weighted by Gasteiger charge is -2.00. The summed E-state index contributed by atoms with van der Waals surface area (Å²) in [6.07, 6.45) is 0. The lowest BCUT2D eigenvalue weighted by molar-refractivity contribution is 0.0441. The molecule has 416 valence electrons. The van der Waals surface area contributed by atoms with Crippen LogP contribution in [0.2, 0.25) is 0 Å². The summed E-state index contributed by atoms with van der Waals surface area (Å²) in [5.41, 5.74) is 19.7. The molecule has 9 rings (SSSR count). The molecule has 0 aromatic heterocycles. The maximum absolute atomic E-state index is 10.9. The van der Waals surface area contributed by atoms with E-state index in [0.717, 1.165) is 11.1 Å². The van der Waals surface area contributed by atoms with E-state index in [2.05, 4.69) is 15.0 Å². The van der Waals surface area contributed by atoms with Crippen LogP contribution < -0.4 is 22.5 Å². The Balaban J connectivity index is -0.000000844. The maximum Gasteiger partial charge on any atom is 0.346 e. The SMILES string of the molecule is CC.CC.CC.CC.CC.CC.N#Cc1ccccc1C#N.N=C1N=C(N)c2ccccc21.NC(=O)c1ccccc1C(N)=O.O=C(O)c1ccccc1C(=O)O.O=C1NC(=O)c2ccccc21.O=C1OC(=O)c2ccccc21. The van der Waals surface area contributed by atoms with Crippen molar-refractivity contribution < 1.29 is 53.3 Å². The van der Waals surface area contributed by atoms with Gasteiger partial charge in [0.2, 0.25) is 11.8 Å². The zero-order chi connectivity index (χ0) is 61.2. The zero-order valence-corrected chi connectivity index (χ0v) is 46.5. The third-order valence-electron chi connectivity index (χ3n) is 8.90. The van der Waals surface area contributed by atoms with E-state index in [9.17, 15) is 38.4 Å². The summed E-state index contributed by atoms with van der Waals surface area (Å²) >= 11 is 0. The number of primary amides is 2. The van der Waals surface area contributed by atoms with Gasteiger partial charge in [0.1, 0.15) is 18.0 Å². The van der Waals surface area contributed by atoms with Crippen LogP contribution >= 0.6 is 0 Å². The summed E-state index contributed by atoms with van der Waals surface area (Å²) in [5.74, 6) is -4.74. The number of nitrogens with one attached hydrogen (secondary N) is 2. The summed E-state index contributed by atoms with van der Waals surface area (Å²) in [5, 5.41) is 43.6. The van der Waals surface area contributed by atoms with Gasteiger partial charge in [0.05, 0.1) is 55.6 Å². The van der Waals surface area contributed by atoms with Gasteiger partial charge < -0.3 is 32.2 Å². The highest BCUT2D eigenvalue weighted by atomic mass is 16.6. The number of amidine groups is 2. The topological polar surface area (TPSA) is 360 Å². The third-order valence-corrected chi connectivity index (χ3v) is 8.90. The maximum atomic E-state index is 10.9. The predicted molar refractivity (Wildman–Crippen MR) is 306 cm³/mol. The van der Waals surface area contributed by atoms with Crippen molar-refractivity contribution in [1.82, 2.24) is 5.32 Å². The average molecular weight is 1080 g/mol. The van der Waals surface area contributed by atoms with Crippen molar-refractivity contribution in [1.29, 1.82) is 15.9 Å². The minimum atomic E-state index is -1.23. The van der Waals surface area contributed by atoms with Crippen molar-refractivity contribution in [3.05, 3.63) is 212 Å². The zero-order valence-electron chi connectivity index (χ0n) is 46.5. The fourth-order valence-electron chi connectivity index (χ4n) is 5.75. The van der Waals surface area contributed by atoms with Gasteiger partial charge in [-0.3, -0.25) is 29.9 Å². The monoisotopic (exact) mass is 1080 g/mol. The van der Waals surface area contributed by atoms with Crippen molar-refractivity contribution in [3.63, 3.8) is 0 Å². The molecule has 0 unspecified atom stereocenters. The van der Waals surface area contributed by atoms with Crippen LogP contribution in [-0.4, -0.2) is 69.4 Å². The molecule has 0 radical (unpaired) electrons. The number of amides is 4. The number of nitriles is 2. The molecular weight excluding hydrogens is 1010 g/mol. The highest BCUT2D eigenvalue weighted by Gasteiger charge is 2.28. The average Bonchev–Trinajstić information content (AvgIpc) is 4.10. The Labute approximate surface area is 461 Å². The van der Waals surface area contributed by atoms with Gasteiger partial charge in [-0.25, -0.2) is 24.2 Å². The van der Waals surface area contributed by atoms with E-state index in [0.29, 0.717) is 39.2 Å². The molecule has 6 aromatic carbocycles. The molecule has 0 aliphatic carbocycles. The molecule has 79 heavy (non-hydrogen) atoms. The molecule has 4 amide bonds. The van der Waals surface area contributed by atoms with Crippen LogP contribution in [0.15, 0.2) is 151 Å². The lowest BCUT2D eigenvalue weighted by Crippen LogP contribution is -2.20. The quantitative estimate of drug-likeness (QED) is 0.0490. The number of carbonyl (C=O) groups excluding carboxylic acids is 6. The number of aromatic carboxylic acids is 2. The van der Waals surface area contributed by atoms with Gasteiger partial charge >= 0.3 is 23.9 Å². The second kappa shape index (κ2) is 41.9. The number of hydrogen-bond acceptors (Lipinski definition) is 13. The third kappa shape index (κ3) is 23.4. The molecular formula is C60H70N8O11. The molecule has 6 aromatic rings. The number of carboxylic acid groups (broad SMARTS) is 2. The van der Waals surface area contributed by atoms with Gasteiger partial charge in [-0.05, 0) is 60.7 Å². The number of imide groups is 1. The molecule has 3 aliphatic heterocycles. The molecule has 0 saturated carbocycles. The number of benzene rings is 6. The van der Waals surface area contributed by atoms with Crippen LogP contribution in [0, 0.1) is 28.1 Å². The Morgan fingerprint density at radius 3 is 1.01 bits per heavy atom. The van der Waals surface area contributed by atoms with Gasteiger partial charge in [-0.15, -0.1) is 0 Å². The Morgan fingerprint density at radius 1 is 0.456 bits per heavy atom. The van der Waals surface area contributed by atoms with Crippen LogP contribution in [0.5, 0.6) is 0 Å². The molecule has 19 heteroatoms. The number of carboxylic acids is 2. The van der Waals surface area contributed by atoms with E-state index in [1.807, 2.05) is 119 Å². The lowest BCUT2D eigenvalue weighted by atomic mass is 10.1. The number of nitrogens with two attached hydrogens (primary N) is 3. The summed E-state index contributed by atoms with van der Waals surface area (Å²) in [7, 11) is 0. The largest absolute Gasteiger partial charge is 0.478 e. The first kappa shape index (κ1) is 72.8. The fraction of sp³-hybridized carbons (Fsp3) is 0.200. The predicted octanol–water partition coefficient (Wildman–Crippen LogP) is 10.9. The summed E-state index contributed by atoms with van der Waals surface area (Å²) in [6.45, 7) is 24.0. The van der Waals surface area contributed by atoms with Crippen LogP contribution in [0.3, 0.4) is 0 Å². The number of ether oxygens (including phenoxy) is 1. The second-order valence-corrected chi connectivity index (χ2v) is 13.1. The number of aliphatic imine (C=N–C) groups is 1. The number of rotatable bonds is 4. The first-order chi connectivity index (χ1) is 38.0.